The normalized spacial score (nSPS) is 11.0. The molecule has 0 fully saturated rings. The van der Waals surface area contributed by atoms with Crippen molar-refractivity contribution in [1.29, 1.82) is 0 Å². The summed E-state index contributed by atoms with van der Waals surface area (Å²) < 4.78 is 17.5. The summed E-state index contributed by atoms with van der Waals surface area (Å²) in [5.74, 6) is 1.73. The maximum absolute atomic E-state index is 11.0. The molecule has 1 aromatic heterocycles. The van der Waals surface area contributed by atoms with Gasteiger partial charge in [0, 0.05) is 11.5 Å². The van der Waals surface area contributed by atoms with Gasteiger partial charge >= 0.3 is 5.97 Å². The summed E-state index contributed by atoms with van der Waals surface area (Å²) in [5.41, 5.74) is 3.62. The summed E-state index contributed by atoms with van der Waals surface area (Å²) in [6.45, 7) is 6.35. The van der Waals surface area contributed by atoms with Gasteiger partial charge in [-0.2, -0.15) is 0 Å². The minimum absolute atomic E-state index is 0.130. The second kappa shape index (κ2) is 10.0. The minimum Gasteiger partial charge on any atom is -0.489 e. The second-order valence-corrected chi connectivity index (χ2v) is 8.56. The highest BCUT2D eigenvalue weighted by molar-refractivity contribution is 6.33. The molecule has 0 aliphatic carbocycles. The lowest BCUT2D eigenvalue weighted by Gasteiger charge is -2.12. The monoisotopic (exact) mass is 477 g/mol. The Morgan fingerprint density at radius 2 is 1.62 bits per heavy atom. The number of hydrogen-bond acceptors (Lipinski definition) is 5. The van der Waals surface area contributed by atoms with E-state index in [1.165, 1.54) is 12.1 Å². The van der Waals surface area contributed by atoms with Gasteiger partial charge in [0.25, 0.3) is 0 Å². The second-order valence-electron chi connectivity index (χ2n) is 8.15. The van der Waals surface area contributed by atoms with Crippen LogP contribution in [0.1, 0.15) is 47.0 Å². The Hall–Kier alpha value is -3.77. The van der Waals surface area contributed by atoms with Gasteiger partial charge in [-0.3, -0.25) is 0 Å². The lowest BCUT2D eigenvalue weighted by molar-refractivity contribution is 0.0697. The number of halogens is 1. The van der Waals surface area contributed by atoms with E-state index in [2.05, 4.69) is 5.16 Å². The molecule has 3 aromatic carbocycles. The van der Waals surface area contributed by atoms with E-state index < -0.39 is 5.97 Å². The van der Waals surface area contributed by atoms with Crippen molar-refractivity contribution >= 4 is 17.6 Å². The molecule has 0 aliphatic heterocycles. The highest BCUT2D eigenvalue weighted by atomic mass is 35.5. The molecule has 0 saturated heterocycles. The Morgan fingerprint density at radius 3 is 2.21 bits per heavy atom. The van der Waals surface area contributed by atoms with Crippen molar-refractivity contribution in [2.45, 2.75) is 33.3 Å². The number of carbonyl (C=O) groups is 1. The average molecular weight is 478 g/mol. The van der Waals surface area contributed by atoms with Crippen LogP contribution < -0.4 is 9.47 Å². The quantitative estimate of drug-likeness (QED) is 0.283. The third-order valence-corrected chi connectivity index (χ3v) is 5.66. The van der Waals surface area contributed by atoms with Crippen LogP contribution in [0.5, 0.6) is 17.2 Å². The SMILES string of the molecule is Cc1cccc(Cl)c1-c1noc(C(C)C)c1COc1ccc(Oc2ccc(C(=O)O)cc2)cc1. The summed E-state index contributed by atoms with van der Waals surface area (Å²) >= 11 is 6.48. The number of hydrogen-bond donors (Lipinski definition) is 1. The van der Waals surface area contributed by atoms with Crippen LogP contribution in [0.4, 0.5) is 0 Å². The number of ether oxygens (including phenoxy) is 2. The van der Waals surface area contributed by atoms with E-state index in [1.807, 2.05) is 51.1 Å². The molecule has 0 amide bonds. The van der Waals surface area contributed by atoms with Gasteiger partial charge in [0.15, 0.2) is 0 Å². The summed E-state index contributed by atoms with van der Waals surface area (Å²) in [5, 5.41) is 13.9. The number of aromatic carboxylic acids is 1. The molecule has 0 unspecified atom stereocenters. The largest absolute Gasteiger partial charge is 0.489 e. The van der Waals surface area contributed by atoms with Gasteiger partial charge in [-0.25, -0.2) is 4.79 Å². The van der Waals surface area contributed by atoms with Gasteiger partial charge in [-0.15, -0.1) is 0 Å². The first kappa shape index (κ1) is 23.4. The summed E-state index contributed by atoms with van der Waals surface area (Å²) in [7, 11) is 0. The van der Waals surface area contributed by atoms with Crippen molar-refractivity contribution in [1.82, 2.24) is 5.16 Å². The molecule has 0 radical (unpaired) electrons. The van der Waals surface area contributed by atoms with Crippen LogP contribution in [0.3, 0.4) is 0 Å². The fraction of sp³-hybridized carbons (Fsp3) is 0.185. The number of carboxylic acid groups (broad SMARTS) is 1. The Morgan fingerprint density at radius 1 is 1.00 bits per heavy atom. The van der Waals surface area contributed by atoms with Crippen LogP contribution in [0.25, 0.3) is 11.3 Å². The van der Waals surface area contributed by atoms with Crippen molar-refractivity contribution in [3.05, 3.63) is 94.2 Å². The lowest BCUT2D eigenvalue weighted by atomic mass is 9.98. The van der Waals surface area contributed by atoms with E-state index >= 15 is 0 Å². The molecular formula is C27H24ClNO5. The van der Waals surface area contributed by atoms with Gasteiger partial charge < -0.3 is 19.1 Å². The lowest BCUT2D eigenvalue weighted by Crippen LogP contribution is -2.01. The molecule has 0 spiro atoms. The summed E-state index contributed by atoms with van der Waals surface area (Å²) in [6, 6.07) is 19.2. The maximum atomic E-state index is 11.0. The van der Waals surface area contributed by atoms with E-state index in [1.54, 1.807) is 24.3 Å². The van der Waals surface area contributed by atoms with Gasteiger partial charge in [0.1, 0.15) is 35.3 Å². The zero-order valence-electron chi connectivity index (χ0n) is 19.0. The van der Waals surface area contributed by atoms with Gasteiger partial charge in [0.05, 0.1) is 16.1 Å². The Kier molecular flexibility index (Phi) is 6.89. The topological polar surface area (TPSA) is 81.8 Å². The molecule has 6 nitrogen and oxygen atoms in total. The predicted molar refractivity (Wildman–Crippen MR) is 130 cm³/mol. The standard InChI is InChI=1S/C27H24ClNO5/c1-16(2)26-22(25(29-34-26)24-17(3)5-4-6-23(24)28)15-32-19-11-13-21(14-12-19)33-20-9-7-18(8-10-20)27(30)31/h4-14,16H,15H2,1-3H3,(H,30,31). The van der Waals surface area contributed by atoms with E-state index in [0.29, 0.717) is 28.0 Å². The van der Waals surface area contributed by atoms with Crippen LogP contribution in [0.2, 0.25) is 5.02 Å². The molecule has 0 bridgehead atoms. The predicted octanol–water partition coefficient (Wildman–Crippen LogP) is 7.50. The van der Waals surface area contributed by atoms with Crippen molar-refractivity contribution < 1.29 is 23.9 Å². The van der Waals surface area contributed by atoms with E-state index in [4.69, 9.17) is 30.7 Å². The molecule has 4 rings (SSSR count). The van der Waals surface area contributed by atoms with Crippen molar-refractivity contribution in [3.8, 4) is 28.5 Å². The molecule has 34 heavy (non-hydrogen) atoms. The molecule has 1 N–H and O–H groups in total. The number of aromatic nitrogens is 1. The first-order valence-corrected chi connectivity index (χ1v) is 11.2. The number of rotatable bonds is 8. The van der Waals surface area contributed by atoms with Crippen LogP contribution in [0.15, 0.2) is 71.3 Å². The highest BCUT2D eigenvalue weighted by Crippen LogP contribution is 2.36. The van der Waals surface area contributed by atoms with Gasteiger partial charge in [-0.05, 0) is 67.1 Å². The molecule has 0 atom stereocenters. The van der Waals surface area contributed by atoms with Crippen LogP contribution in [-0.2, 0) is 6.61 Å². The zero-order valence-corrected chi connectivity index (χ0v) is 19.8. The molecule has 1 heterocycles. The molecule has 0 saturated carbocycles. The van der Waals surface area contributed by atoms with E-state index in [0.717, 1.165) is 22.5 Å². The third-order valence-electron chi connectivity index (χ3n) is 5.35. The van der Waals surface area contributed by atoms with Crippen molar-refractivity contribution in [3.63, 3.8) is 0 Å². The molecule has 4 aromatic rings. The van der Waals surface area contributed by atoms with E-state index in [9.17, 15) is 4.79 Å². The van der Waals surface area contributed by atoms with Gasteiger partial charge in [-0.1, -0.05) is 42.7 Å². The Bertz CT molecular complexity index is 1270. The number of nitrogens with zero attached hydrogens (tertiary/aromatic N) is 1. The van der Waals surface area contributed by atoms with Crippen molar-refractivity contribution in [2.75, 3.05) is 0 Å². The van der Waals surface area contributed by atoms with Crippen LogP contribution >= 0.6 is 11.6 Å². The molecule has 0 aliphatic rings. The number of aryl methyl sites for hydroxylation is 1. The Balaban J connectivity index is 1.50. The van der Waals surface area contributed by atoms with E-state index in [-0.39, 0.29) is 18.1 Å². The average Bonchev–Trinajstić information content (AvgIpc) is 3.23. The third kappa shape index (κ3) is 5.07. The maximum Gasteiger partial charge on any atom is 0.335 e. The molecule has 174 valence electrons. The van der Waals surface area contributed by atoms with Crippen LogP contribution in [-0.4, -0.2) is 16.2 Å². The van der Waals surface area contributed by atoms with Gasteiger partial charge in [0.2, 0.25) is 0 Å². The first-order valence-electron chi connectivity index (χ1n) is 10.8. The zero-order chi connectivity index (χ0) is 24.2. The summed E-state index contributed by atoms with van der Waals surface area (Å²) in [4.78, 5) is 11.0. The minimum atomic E-state index is -0.977. The highest BCUT2D eigenvalue weighted by Gasteiger charge is 2.23. The number of benzene rings is 3. The van der Waals surface area contributed by atoms with Crippen LogP contribution in [0, 0.1) is 6.92 Å². The van der Waals surface area contributed by atoms with Crippen molar-refractivity contribution in [2.24, 2.45) is 0 Å². The smallest absolute Gasteiger partial charge is 0.335 e. The number of carboxylic acids is 1. The Labute approximate surface area is 202 Å². The summed E-state index contributed by atoms with van der Waals surface area (Å²) in [6.07, 6.45) is 0. The fourth-order valence-electron chi connectivity index (χ4n) is 3.60. The molecule has 7 heteroatoms. The fourth-order valence-corrected chi connectivity index (χ4v) is 3.92. The first-order chi connectivity index (χ1) is 16.3. The molecular weight excluding hydrogens is 454 g/mol.